The molecule has 3 nitrogen and oxygen atoms in total. The maximum atomic E-state index is 5.57. The Bertz CT molecular complexity index is 225. The molecule has 0 aromatic heterocycles. The van der Waals surface area contributed by atoms with Gasteiger partial charge in [0.1, 0.15) is 12.4 Å². The average Bonchev–Trinajstić information content (AvgIpc) is 2.21. The van der Waals surface area contributed by atoms with Crippen molar-refractivity contribution in [2.24, 2.45) is 0 Å². The van der Waals surface area contributed by atoms with Crippen LogP contribution in [0.25, 0.3) is 0 Å². The van der Waals surface area contributed by atoms with Gasteiger partial charge in [-0.1, -0.05) is 12.5 Å². The summed E-state index contributed by atoms with van der Waals surface area (Å²) in [4.78, 5) is 0. The summed E-state index contributed by atoms with van der Waals surface area (Å²) in [6.45, 7) is 7.25. The van der Waals surface area contributed by atoms with Crippen LogP contribution in [0, 0.1) is 0 Å². The lowest BCUT2D eigenvalue weighted by Gasteiger charge is -2.12. The number of allylic oxidation sites excluding steroid dienone is 3. The van der Waals surface area contributed by atoms with E-state index in [2.05, 4.69) is 0 Å². The summed E-state index contributed by atoms with van der Waals surface area (Å²) in [5.41, 5.74) is 1.19. The molecule has 3 heteroatoms. The summed E-state index contributed by atoms with van der Waals surface area (Å²) >= 11 is 0. The van der Waals surface area contributed by atoms with Crippen molar-refractivity contribution in [3.05, 3.63) is 23.2 Å². The van der Waals surface area contributed by atoms with Gasteiger partial charge in [0.15, 0.2) is 5.76 Å². The van der Waals surface area contributed by atoms with Crippen LogP contribution in [0.4, 0.5) is 0 Å². The maximum absolute atomic E-state index is 5.57. The quantitative estimate of drug-likeness (QED) is 0.370. The third kappa shape index (κ3) is 6.18. The summed E-state index contributed by atoms with van der Waals surface area (Å²) < 4.78 is 15.8. The van der Waals surface area contributed by atoms with Crippen molar-refractivity contribution in [3.8, 4) is 0 Å². The van der Waals surface area contributed by atoms with Crippen LogP contribution in [0.3, 0.4) is 0 Å². The molecule has 0 saturated carbocycles. The molecule has 0 aliphatic rings. The highest BCUT2D eigenvalue weighted by Gasteiger charge is 2.04. The van der Waals surface area contributed by atoms with Crippen LogP contribution in [-0.4, -0.2) is 27.4 Å². The molecule has 0 N–H and O–H groups in total. The van der Waals surface area contributed by atoms with E-state index in [-0.39, 0.29) is 0 Å². The average molecular weight is 214 g/mol. The van der Waals surface area contributed by atoms with Crippen LogP contribution in [0.2, 0.25) is 0 Å². The van der Waals surface area contributed by atoms with Crippen molar-refractivity contribution >= 4 is 0 Å². The Labute approximate surface area is 92.7 Å². The molecule has 0 amide bonds. The van der Waals surface area contributed by atoms with Gasteiger partial charge >= 0.3 is 0 Å². The molecule has 0 unspecified atom stereocenters. The first-order valence-electron chi connectivity index (χ1n) is 5.19. The first kappa shape index (κ1) is 14.0. The van der Waals surface area contributed by atoms with Crippen molar-refractivity contribution < 1.29 is 14.2 Å². The lowest BCUT2D eigenvalue weighted by atomic mass is 10.2. The standard InChI is InChI=1S/C12H22O3/c1-6-11(15-8-7-13-4)12(14-5)9-10(2)3/h9H,6-8H2,1-5H3. The molecule has 0 rings (SSSR count). The lowest BCUT2D eigenvalue weighted by molar-refractivity contribution is 0.0985. The highest BCUT2D eigenvalue weighted by atomic mass is 16.5. The SMILES string of the molecule is CCC(OCCOC)=C(C=C(C)C)OC. The van der Waals surface area contributed by atoms with Crippen molar-refractivity contribution in [2.75, 3.05) is 27.4 Å². The van der Waals surface area contributed by atoms with Crippen molar-refractivity contribution in [1.82, 2.24) is 0 Å². The molecular weight excluding hydrogens is 192 g/mol. The molecule has 0 saturated heterocycles. The minimum absolute atomic E-state index is 0.559. The second-order valence-electron chi connectivity index (χ2n) is 3.41. The van der Waals surface area contributed by atoms with E-state index in [9.17, 15) is 0 Å². The highest BCUT2D eigenvalue weighted by molar-refractivity contribution is 5.19. The third-order valence-electron chi connectivity index (χ3n) is 1.80. The van der Waals surface area contributed by atoms with Gasteiger partial charge in [-0.25, -0.2) is 0 Å². The number of methoxy groups -OCH3 is 2. The normalized spacial score (nSPS) is 11.8. The summed E-state index contributed by atoms with van der Waals surface area (Å²) in [7, 11) is 3.32. The van der Waals surface area contributed by atoms with Gasteiger partial charge in [-0.05, 0) is 19.9 Å². The van der Waals surface area contributed by atoms with E-state index in [4.69, 9.17) is 14.2 Å². The molecule has 0 aliphatic heterocycles. The minimum Gasteiger partial charge on any atom is -0.493 e. The molecule has 0 atom stereocenters. The minimum atomic E-state index is 0.559. The summed E-state index contributed by atoms with van der Waals surface area (Å²) in [6, 6.07) is 0. The molecule has 0 bridgehead atoms. The Morgan fingerprint density at radius 3 is 2.20 bits per heavy atom. The Morgan fingerprint density at radius 1 is 1.13 bits per heavy atom. The van der Waals surface area contributed by atoms with Crippen LogP contribution < -0.4 is 0 Å². The highest BCUT2D eigenvalue weighted by Crippen LogP contribution is 2.14. The Hall–Kier alpha value is -0.960. The second kappa shape index (κ2) is 8.36. The zero-order valence-corrected chi connectivity index (χ0v) is 10.4. The van der Waals surface area contributed by atoms with Gasteiger partial charge < -0.3 is 14.2 Å². The van der Waals surface area contributed by atoms with Gasteiger partial charge in [0.05, 0.1) is 13.7 Å². The van der Waals surface area contributed by atoms with Crippen LogP contribution in [0.15, 0.2) is 23.2 Å². The predicted octanol–water partition coefficient (Wildman–Crippen LogP) is 2.88. The molecular formula is C12H22O3. The molecule has 0 radical (unpaired) electrons. The fraction of sp³-hybridized carbons (Fsp3) is 0.667. The van der Waals surface area contributed by atoms with Crippen molar-refractivity contribution in [3.63, 3.8) is 0 Å². The van der Waals surface area contributed by atoms with Crippen LogP contribution in [0.1, 0.15) is 27.2 Å². The van der Waals surface area contributed by atoms with E-state index < -0.39 is 0 Å². The number of hydrogen-bond donors (Lipinski definition) is 0. The fourth-order valence-corrected chi connectivity index (χ4v) is 1.11. The Kier molecular flexibility index (Phi) is 7.82. The van der Waals surface area contributed by atoms with Crippen LogP contribution in [-0.2, 0) is 14.2 Å². The van der Waals surface area contributed by atoms with E-state index in [0.717, 1.165) is 17.9 Å². The van der Waals surface area contributed by atoms with Gasteiger partial charge in [0, 0.05) is 13.5 Å². The van der Waals surface area contributed by atoms with Crippen molar-refractivity contribution in [2.45, 2.75) is 27.2 Å². The molecule has 0 heterocycles. The van der Waals surface area contributed by atoms with E-state index in [1.807, 2.05) is 26.8 Å². The number of ether oxygens (including phenoxy) is 3. The predicted molar refractivity (Wildman–Crippen MR) is 61.6 cm³/mol. The topological polar surface area (TPSA) is 27.7 Å². The second-order valence-corrected chi connectivity index (χ2v) is 3.41. The molecule has 0 fully saturated rings. The van der Waals surface area contributed by atoms with Gasteiger partial charge in [-0.15, -0.1) is 0 Å². The zero-order chi connectivity index (χ0) is 11.7. The monoisotopic (exact) mass is 214 g/mol. The number of rotatable bonds is 7. The first-order valence-corrected chi connectivity index (χ1v) is 5.19. The van der Waals surface area contributed by atoms with Gasteiger partial charge in [-0.2, -0.15) is 0 Å². The van der Waals surface area contributed by atoms with Gasteiger partial charge in [-0.3, -0.25) is 0 Å². The third-order valence-corrected chi connectivity index (χ3v) is 1.80. The fourth-order valence-electron chi connectivity index (χ4n) is 1.11. The summed E-state index contributed by atoms with van der Waals surface area (Å²) in [5, 5.41) is 0. The van der Waals surface area contributed by atoms with Crippen LogP contribution >= 0.6 is 0 Å². The van der Waals surface area contributed by atoms with E-state index >= 15 is 0 Å². The largest absolute Gasteiger partial charge is 0.493 e. The van der Waals surface area contributed by atoms with E-state index in [1.165, 1.54) is 5.57 Å². The molecule has 88 valence electrons. The molecule has 15 heavy (non-hydrogen) atoms. The molecule has 0 aromatic rings. The number of hydrogen-bond acceptors (Lipinski definition) is 3. The zero-order valence-electron chi connectivity index (χ0n) is 10.4. The van der Waals surface area contributed by atoms with Gasteiger partial charge in [0.25, 0.3) is 0 Å². The smallest absolute Gasteiger partial charge is 0.156 e. The maximum Gasteiger partial charge on any atom is 0.156 e. The van der Waals surface area contributed by atoms with Gasteiger partial charge in [0.2, 0.25) is 0 Å². The van der Waals surface area contributed by atoms with Crippen LogP contribution in [0.5, 0.6) is 0 Å². The van der Waals surface area contributed by atoms with E-state index in [1.54, 1.807) is 14.2 Å². The summed E-state index contributed by atoms with van der Waals surface area (Å²) in [6.07, 6.45) is 2.79. The lowest BCUT2D eigenvalue weighted by Crippen LogP contribution is -2.04. The molecule has 0 spiro atoms. The molecule has 0 aromatic carbocycles. The Balaban J connectivity index is 4.52. The van der Waals surface area contributed by atoms with E-state index in [0.29, 0.717) is 13.2 Å². The Morgan fingerprint density at radius 2 is 1.80 bits per heavy atom. The first-order chi connectivity index (χ1) is 7.15. The molecule has 0 aliphatic carbocycles. The summed E-state index contributed by atoms with van der Waals surface area (Å²) in [5.74, 6) is 1.67. The van der Waals surface area contributed by atoms with Crippen molar-refractivity contribution in [1.29, 1.82) is 0 Å².